The van der Waals surface area contributed by atoms with Crippen molar-refractivity contribution in [1.82, 2.24) is 9.97 Å². The van der Waals surface area contributed by atoms with Crippen molar-refractivity contribution in [2.45, 2.75) is 19.8 Å². The number of amides is 1. The normalized spacial score (nSPS) is 15.0. The quantitative estimate of drug-likeness (QED) is 0.887. The molecule has 2 aromatic rings. The second-order valence-electron chi connectivity index (χ2n) is 6.16. The van der Waals surface area contributed by atoms with Crippen molar-refractivity contribution >= 4 is 23.5 Å². The van der Waals surface area contributed by atoms with Crippen molar-refractivity contribution in [3.05, 3.63) is 47.8 Å². The average Bonchev–Trinajstić information content (AvgIpc) is 2.64. The highest BCUT2D eigenvalue weighted by Crippen LogP contribution is 2.23. The van der Waals surface area contributed by atoms with Crippen molar-refractivity contribution < 1.29 is 14.7 Å². The molecule has 130 valence electrons. The van der Waals surface area contributed by atoms with Crippen LogP contribution in [0.1, 0.15) is 28.9 Å². The second-order valence-corrected chi connectivity index (χ2v) is 6.16. The topological polar surface area (TPSA) is 95.4 Å². The van der Waals surface area contributed by atoms with E-state index in [4.69, 9.17) is 5.11 Å². The van der Waals surface area contributed by atoms with Crippen LogP contribution in [0.15, 0.2) is 36.5 Å². The van der Waals surface area contributed by atoms with Gasteiger partial charge in [0.15, 0.2) is 5.69 Å². The molecule has 0 saturated carbocycles. The van der Waals surface area contributed by atoms with E-state index in [0.29, 0.717) is 37.6 Å². The fourth-order valence-corrected chi connectivity index (χ4v) is 2.86. The number of hydrogen-bond donors (Lipinski definition) is 2. The lowest BCUT2D eigenvalue weighted by molar-refractivity contribution is -0.120. The third-order valence-corrected chi connectivity index (χ3v) is 4.31. The van der Waals surface area contributed by atoms with E-state index in [1.54, 1.807) is 24.4 Å². The van der Waals surface area contributed by atoms with Gasteiger partial charge in [-0.25, -0.2) is 14.8 Å². The lowest BCUT2D eigenvalue weighted by Crippen LogP contribution is -2.38. The van der Waals surface area contributed by atoms with Crippen LogP contribution in [0, 0.1) is 12.8 Å². The van der Waals surface area contributed by atoms with E-state index < -0.39 is 5.97 Å². The standard InChI is InChI=1S/C18H20N4O3/c1-12-5-6-15(19-11-12)21-17(23)13-7-9-22(10-8-13)16-4-2-3-14(20-16)18(24)25/h2-6,11,13H,7-10H2,1H3,(H,24,25)(H,19,21,23). The van der Waals surface area contributed by atoms with Crippen LogP contribution in [0.5, 0.6) is 0 Å². The minimum absolute atomic E-state index is 0.0248. The van der Waals surface area contributed by atoms with E-state index in [-0.39, 0.29) is 17.5 Å². The second kappa shape index (κ2) is 7.29. The number of hydrogen-bond acceptors (Lipinski definition) is 5. The van der Waals surface area contributed by atoms with Crippen molar-refractivity contribution in [2.24, 2.45) is 5.92 Å². The Hall–Kier alpha value is -2.96. The molecule has 2 N–H and O–H groups in total. The third kappa shape index (κ3) is 4.12. The molecule has 3 heterocycles. The van der Waals surface area contributed by atoms with Gasteiger partial charge < -0.3 is 15.3 Å². The molecule has 0 aliphatic carbocycles. The Labute approximate surface area is 145 Å². The zero-order valence-electron chi connectivity index (χ0n) is 14.0. The monoisotopic (exact) mass is 340 g/mol. The van der Waals surface area contributed by atoms with E-state index >= 15 is 0 Å². The molecule has 0 atom stereocenters. The Morgan fingerprint density at radius 3 is 2.60 bits per heavy atom. The molecule has 1 aliphatic heterocycles. The zero-order valence-corrected chi connectivity index (χ0v) is 14.0. The van der Waals surface area contributed by atoms with Gasteiger partial charge >= 0.3 is 5.97 Å². The number of aromatic nitrogens is 2. The van der Waals surface area contributed by atoms with Crippen molar-refractivity contribution in [1.29, 1.82) is 0 Å². The summed E-state index contributed by atoms with van der Waals surface area (Å²) in [6, 6.07) is 8.66. The Morgan fingerprint density at radius 2 is 1.96 bits per heavy atom. The molecule has 1 amide bonds. The maximum atomic E-state index is 12.4. The number of nitrogens with zero attached hydrogens (tertiary/aromatic N) is 3. The molecule has 7 nitrogen and oxygen atoms in total. The Balaban J connectivity index is 1.58. The molecule has 0 bridgehead atoms. The number of piperidine rings is 1. The highest BCUT2D eigenvalue weighted by molar-refractivity contribution is 5.91. The number of carboxylic acids is 1. The molecule has 3 rings (SSSR count). The summed E-state index contributed by atoms with van der Waals surface area (Å²) in [5.41, 5.74) is 1.07. The summed E-state index contributed by atoms with van der Waals surface area (Å²) < 4.78 is 0. The Morgan fingerprint density at radius 1 is 1.20 bits per heavy atom. The van der Waals surface area contributed by atoms with Crippen LogP contribution < -0.4 is 10.2 Å². The van der Waals surface area contributed by atoms with Crippen molar-refractivity contribution in [2.75, 3.05) is 23.3 Å². The van der Waals surface area contributed by atoms with Gasteiger partial charge in [0, 0.05) is 25.2 Å². The van der Waals surface area contributed by atoms with Gasteiger partial charge in [0.25, 0.3) is 0 Å². The number of rotatable bonds is 4. The SMILES string of the molecule is Cc1ccc(NC(=O)C2CCN(c3cccc(C(=O)O)n3)CC2)nc1. The molecule has 2 aromatic heterocycles. The lowest BCUT2D eigenvalue weighted by Gasteiger charge is -2.32. The van der Waals surface area contributed by atoms with Gasteiger partial charge in [0.2, 0.25) is 5.91 Å². The first-order chi connectivity index (χ1) is 12.0. The number of carboxylic acid groups (broad SMARTS) is 1. The van der Waals surface area contributed by atoms with E-state index in [1.807, 2.05) is 17.9 Å². The van der Waals surface area contributed by atoms with Gasteiger partial charge in [-0.05, 0) is 43.5 Å². The average molecular weight is 340 g/mol. The van der Waals surface area contributed by atoms with E-state index in [1.165, 1.54) is 6.07 Å². The first-order valence-electron chi connectivity index (χ1n) is 8.22. The Bertz CT molecular complexity index is 768. The zero-order chi connectivity index (χ0) is 17.8. The molecule has 0 spiro atoms. The number of carbonyl (C=O) groups excluding carboxylic acids is 1. The van der Waals surface area contributed by atoms with Crippen molar-refractivity contribution in [3.8, 4) is 0 Å². The summed E-state index contributed by atoms with van der Waals surface area (Å²) in [5.74, 6) is 0.0554. The fraction of sp³-hybridized carbons (Fsp3) is 0.333. The molecular formula is C18H20N4O3. The van der Waals surface area contributed by atoms with E-state index in [9.17, 15) is 9.59 Å². The number of carbonyl (C=O) groups is 2. The highest BCUT2D eigenvalue weighted by atomic mass is 16.4. The maximum Gasteiger partial charge on any atom is 0.354 e. The van der Waals surface area contributed by atoms with E-state index in [2.05, 4.69) is 15.3 Å². The minimum Gasteiger partial charge on any atom is -0.477 e. The number of aryl methyl sites for hydroxylation is 1. The molecule has 25 heavy (non-hydrogen) atoms. The first-order valence-corrected chi connectivity index (χ1v) is 8.22. The predicted molar refractivity (Wildman–Crippen MR) is 93.7 cm³/mol. The Kier molecular flexibility index (Phi) is 4.92. The van der Waals surface area contributed by atoms with Crippen LogP contribution in [0.2, 0.25) is 0 Å². The summed E-state index contributed by atoms with van der Waals surface area (Å²) in [7, 11) is 0. The largest absolute Gasteiger partial charge is 0.477 e. The van der Waals surface area contributed by atoms with Crippen LogP contribution in [-0.4, -0.2) is 40.0 Å². The fourth-order valence-electron chi connectivity index (χ4n) is 2.86. The van der Waals surface area contributed by atoms with Gasteiger partial charge in [0.1, 0.15) is 11.6 Å². The number of aromatic carboxylic acids is 1. The van der Waals surface area contributed by atoms with Crippen LogP contribution in [-0.2, 0) is 4.79 Å². The molecule has 0 aromatic carbocycles. The lowest BCUT2D eigenvalue weighted by atomic mass is 9.96. The van der Waals surface area contributed by atoms with Gasteiger partial charge in [-0.2, -0.15) is 0 Å². The molecule has 7 heteroatoms. The molecule has 0 radical (unpaired) electrons. The van der Waals surface area contributed by atoms with Gasteiger partial charge in [-0.3, -0.25) is 4.79 Å². The third-order valence-electron chi connectivity index (χ3n) is 4.31. The predicted octanol–water partition coefficient (Wildman–Crippen LogP) is 2.34. The van der Waals surface area contributed by atoms with Crippen LogP contribution in [0.3, 0.4) is 0 Å². The van der Waals surface area contributed by atoms with Crippen molar-refractivity contribution in [3.63, 3.8) is 0 Å². The molecule has 1 aliphatic rings. The maximum absolute atomic E-state index is 12.4. The summed E-state index contributed by atoms with van der Waals surface area (Å²) in [6.45, 7) is 3.27. The van der Waals surface area contributed by atoms with Gasteiger partial charge in [-0.1, -0.05) is 12.1 Å². The molecule has 1 fully saturated rings. The summed E-state index contributed by atoms with van der Waals surface area (Å²) in [5, 5.41) is 11.9. The summed E-state index contributed by atoms with van der Waals surface area (Å²) >= 11 is 0. The number of anilines is 2. The summed E-state index contributed by atoms with van der Waals surface area (Å²) in [4.78, 5) is 33.8. The molecule has 0 unspecified atom stereocenters. The van der Waals surface area contributed by atoms with Crippen LogP contribution in [0.4, 0.5) is 11.6 Å². The smallest absolute Gasteiger partial charge is 0.354 e. The van der Waals surface area contributed by atoms with Gasteiger partial charge in [0.05, 0.1) is 0 Å². The van der Waals surface area contributed by atoms with Crippen LogP contribution in [0.25, 0.3) is 0 Å². The minimum atomic E-state index is -1.04. The molecule has 1 saturated heterocycles. The van der Waals surface area contributed by atoms with Crippen LogP contribution >= 0.6 is 0 Å². The van der Waals surface area contributed by atoms with E-state index in [0.717, 1.165) is 5.56 Å². The first kappa shape index (κ1) is 16.9. The summed E-state index contributed by atoms with van der Waals surface area (Å²) in [6.07, 6.45) is 3.10. The highest BCUT2D eigenvalue weighted by Gasteiger charge is 2.26. The number of pyridine rings is 2. The van der Waals surface area contributed by atoms with Gasteiger partial charge in [-0.15, -0.1) is 0 Å². The molecular weight excluding hydrogens is 320 g/mol. The number of nitrogens with one attached hydrogen (secondary N) is 1.